The molecule has 2 fully saturated rings. The lowest BCUT2D eigenvalue weighted by Gasteiger charge is -2.34. The molecule has 0 radical (unpaired) electrons. The van der Waals surface area contributed by atoms with Crippen LogP contribution in [0.1, 0.15) is 12.8 Å². The molecule has 1 aliphatic heterocycles. The van der Waals surface area contributed by atoms with Crippen LogP contribution in [0.15, 0.2) is 0 Å². The summed E-state index contributed by atoms with van der Waals surface area (Å²) >= 11 is 0. The van der Waals surface area contributed by atoms with Crippen molar-refractivity contribution in [1.29, 1.82) is 0 Å². The zero-order valence-electron chi connectivity index (χ0n) is 10.0. The largest absolute Gasteiger partial charge is 0.346 e. The smallest absolute Gasteiger partial charge is 0.242 e. The maximum atomic E-state index is 11.8. The zero-order chi connectivity index (χ0) is 12.3. The molecule has 0 bridgehead atoms. The molecular formula is C11H20N4O2. The summed E-state index contributed by atoms with van der Waals surface area (Å²) in [4.78, 5) is 27.0. The van der Waals surface area contributed by atoms with Crippen molar-refractivity contribution in [2.45, 2.75) is 18.9 Å². The van der Waals surface area contributed by atoms with Crippen molar-refractivity contribution < 1.29 is 9.59 Å². The molecule has 17 heavy (non-hydrogen) atoms. The molecule has 0 aromatic carbocycles. The summed E-state index contributed by atoms with van der Waals surface area (Å²) in [5, 5.41) is 2.51. The standard InChI is InChI=1S/C11H20N4O2/c12-7-10(16)13-8-11(17)15-5-3-14(4-6-15)9-1-2-9/h9H,1-8,12H2,(H,13,16). The minimum atomic E-state index is -0.282. The van der Waals surface area contributed by atoms with Gasteiger partial charge >= 0.3 is 0 Å². The number of rotatable bonds is 4. The molecule has 0 aromatic rings. The molecule has 0 unspecified atom stereocenters. The summed E-state index contributed by atoms with van der Waals surface area (Å²) in [6.07, 6.45) is 2.61. The predicted molar refractivity (Wildman–Crippen MR) is 63.2 cm³/mol. The molecule has 0 aromatic heterocycles. The number of piperazine rings is 1. The van der Waals surface area contributed by atoms with Crippen LogP contribution in [-0.2, 0) is 9.59 Å². The maximum Gasteiger partial charge on any atom is 0.242 e. The number of hydrogen-bond donors (Lipinski definition) is 2. The summed E-state index contributed by atoms with van der Waals surface area (Å²) in [7, 11) is 0. The lowest BCUT2D eigenvalue weighted by molar-refractivity contribution is -0.134. The lowest BCUT2D eigenvalue weighted by Crippen LogP contribution is -2.51. The van der Waals surface area contributed by atoms with Crippen LogP contribution in [0.25, 0.3) is 0 Å². The fraction of sp³-hybridized carbons (Fsp3) is 0.818. The molecule has 1 heterocycles. The van der Waals surface area contributed by atoms with Gasteiger partial charge in [-0.25, -0.2) is 0 Å². The highest BCUT2D eigenvalue weighted by Gasteiger charge is 2.32. The van der Waals surface area contributed by atoms with E-state index in [0.717, 1.165) is 32.2 Å². The van der Waals surface area contributed by atoms with Crippen molar-refractivity contribution in [2.24, 2.45) is 5.73 Å². The monoisotopic (exact) mass is 240 g/mol. The average Bonchev–Trinajstić information content (AvgIpc) is 3.20. The normalized spacial score (nSPS) is 21.4. The van der Waals surface area contributed by atoms with E-state index in [1.807, 2.05) is 4.90 Å². The van der Waals surface area contributed by atoms with E-state index < -0.39 is 0 Å². The molecule has 2 rings (SSSR count). The van der Waals surface area contributed by atoms with Crippen LogP contribution in [0.3, 0.4) is 0 Å². The second-order valence-electron chi connectivity index (χ2n) is 4.63. The van der Waals surface area contributed by atoms with E-state index in [2.05, 4.69) is 10.2 Å². The van der Waals surface area contributed by atoms with Gasteiger partial charge in [-0.05, 0) is 12.8 Å². The minimum Gasteiger partial charge on any atom is -0.346 e. The van der Waals surface area contributed by atoms with Gasteiger partial charge in [-0.2, -0.15) is 0 Å². The van der Waals surface area contributed by atoms with Crippen LogP contribution in [0.4, 0.5) is 0 Å². The van der Waals surface area contributed by atoms with Crippen molar-refractivity contribution in [3.05, 3.63) is 0 Å². The first-order valence-electron chi connectivity index (χ1n) is 6.19. The van der Waals surface area contributed by atoms with Gasteiger partial charge in [0.25, 0.3) is 0 Å². The first-order valence-corrected chi connectivity index (χ1v) is 6.19. The average molecular weight is 240 g/mol. The van der Waals surface area contributed by atoms with Gasteiger partial charge in [0.2, 0.25) is 11.8 Å². The first-order chi connectivity index (χ1) is 8.20. The van der Waals surface area contributed by atoms with Crippen molar-refractivity contribution >= 4 is 11.8 Å². The highest BCUT2D eigenvalue weighted by Crippen LogP contribution is 2.27. The van der Waals surface area contributed by atoms with Crippen LogP contribution < -0.4 is 11.1 Å². The van der Waals surface area contributed by atoms with E-state index in [0.29, 0.717) is 0 Å². The van der Waals surface area contributed by atoms with Crippen LogP contribution >= 0.6 is 0 Å². The number of nitrogens with zero attached hydrogens (tertiary/aromatic N) is 2. The number of hydrogen-bond acceptors (Lipinski definition) is 4. The van der Waals surface area contributed by atoms with Crippen molar-refractivity contribution in [3.8, 4) is 0 Å². The Hall–Kier alpha value is -1.14. The van der Waals surface area contributed by atoms with E-state index >= 15 is 0 Å². The molecule has 0 atom stereocenters. The number of nitrogens with two attached hydrogens (primary N) is 1. The van der Waals surface area contributed by atoms with E-state index in [4.69, 9.17) is 5.73 Å². The minimum absolute atomic E-state index is 0.0118. The molecule has 3 N–H and O–H groups in total. The highest BCUT2D eigenvalue weighted by molar-refractivity contribution is 5.85. The predicted octanol–water partition coefficient (Wildman–Crippen LogP) is -1.63. The third-order valence-corrected chi connectivity index (χ3v) is 3.35. The molecular weight excluding hydrogens is 220 g/mol. The second kappa shape index (κ2) is 5.46. The Morgan fingerprint density at radius 3 is 2.35 bits per heavy atom. The van der Waals surface area contributed by atoms with Gasteiger partial charge in [0.15, 0.2) is 0 Å². The highest BCUT2D eigenvalue weighted by atomic mass is 16.2. The van der Waals surface area contributed by atoms with E-state index in [-0.39, 0.29) is 24.9 Å². The topological polar surface area (TPSA) is 78.7 Å². The fourth-order valence-electron chi connectivity index (χ4n) is 2.13. The number of carbonyl (C=O) groups excluding carboxylic acids is 2. The Bertz CT molecular complexity index is 296. The third-order valence-electron chi connectivity index (χ3n) is 3.35. The van der Waals surface area contributed by atoms with Gasteiger partial charge in [0.05, 0.1) is 13.1 Å². The quantitative estimate of drug-likeness (QED) is 0.618. The van der Waals surface area contributed by atoms with Crippen LogP contribution in [0.2, 0.25) is 0 Å². The van der Waals surface area contributed by atoms with Crippen molar-refractivity contribution in [1.82, 2.24) is 15.1 Å². The molecule has 1 aliphatic carbocycles. The van der Waals surface area contributed by atoms with Crippen molar-refractivity contribution in [3.63, 3.8) is 0 Å². The Labute approximate surface area is 101 Å². The van der Waals surface area contributed by atoms with E-state index in [1.165, 1.54) is 12.8 Å². The molecule has 1 saturated carbocycles. The Balaban J connectivity index is 1.68. The molecule has 2 amide bonds. The van der Waals surface area contributed by atoms with Crippen LogP contribution in [0, 0.1) is 0 Å². The summed E-state index contributed by atoms with van der Waals surface area (Å²) in [6, 6.07) is 0.768. The summed E-state index contributed by atoms with van der Waals surface area (Å²) < 4.78 is 0. The van der Waals surface area contributed by atoms with Gasteiger partial charge in [-0.15, -0.1) is 0 Å². The van der Waals surface area contributed by atoms with Gasteiger partial charge in [0.1, 0.15) is 0 Å². The first kappa shape index (κ1) is 12.3. The van der Waals surface area contributed by atoms with Gasteiger partial charge in [-0.3, -0.25) is 14.5 Å². The molecule has 6 heteroatoms. The molecule has 0 spiro atoms. The molecule has 6 nitrogen and oxygen atoms in total. The summed E-state index contributed by atoms with van der Waals surface area (Å²) in [5.74, 6) is -0.294. The molecule has 1 saturated heterocycles. The zero-order valence-corrected chi connectivity index (χ0v) is 10.0. The fourth-order valence-corrected chi connectivity index (χ4v) is 2.13. The van der Waals surface area contributed by atoms with Gasteiger partial charge in [0, 0.05) is 32.2 Å². The Morgan fingerprint density at radius 1 is 1.18 bits per heavy atom. The SMILES string of the molecule is NCC(=O)NCC(=O)N1CCN(C2CC2)CC1. The van der Waals surface area contributed by atoms with Crippen LogP contribution in [-0.4, -0.2) is 66.9 Å². The Morgan fingerprint density at radius 2 is 1.82 bits per heavy atom. The maximum absolute atomic E-state index is 11.8. The van der Waals surface area contributed by atoms with Gasteiger partial charge in [-0.1, -0.05) is 0 Å². The number of carbonyl (C=O) groups is 2. The summed E-state index contributed by atoms with van der Waals surface area (Å²) in [6.45, 7) is 3.46. The molecule has 96 valence electrons. The number of amides is 2. The van der Waals surface area contributed by atoms with Crippen LogP contribution in [0.5, 0.6) is 0 Å². The van der Waals surface area contributed by atoms with E-state index in [9.17, 15) is 9.59 Å². The lowest BCUT2D eigenvalue weighted by atomic mass is 10.3. The molecule has 2 aliphatic rings. The van der Waals surface area contributed by atoms with E-state index in [1.54, 1.807) is 0 Å². The van der Waals surface area contributed by atoms with Crippen molar-refractivity contribution in [2.75, 3.05) is 39.3 Å². The third kappa shape index (κ3) is 3.41. The Kier molecular flexibility index (Phi) is 3.96. The number of nitrogens with one attached hydrogen (secondary N) is 1. The second-order valence-corrected chi connectivity index (χ2v) is 4.63. The van der Waals surface area contributed by atoms with Gasteiger partial charge < -0.3 is 16.0 Å². The summed E-state index contributed by atoms with van der Waals surface area (Å²) in [5.41, 5.74) is 5.15.